The second-order valence-electron chi connectivity index (χ2n) is 8.65. The van der Waals surface area contributed by atoms with E-state index in [0.717, 1.165) is 32.1 Å². The highest BCUT2D eigenvalue weighted by molar-refractivity contribution is 14.0. The van der Waals surface area contributed by atoms with Crippen molar-refractivity contribution < 1.29 is 0 Å². The van der Waals surface area contributed by atoms with Gasteiger partial charge in [-0.2, -0.15) is 0 Å². The fourth-order valence-corrected chi connectivity index (χ4v) is 4.85. The third-order valence-electron chi connectivity index (χ3n) is 6.64. The third-order valence-corrected chi connectivity index (χ3v) is 6.64. The van der Waals surface area contributed by atoms with Gasteiger partial charge in [0.1, 0.15) is 0 Å². The van der Waals surface area contributed by atoms with E-state index >= 15 is 0 Å². The van der Waals surface area contributed by atoms with Gasteiger partial charge < -0.3 is 14.8 Å². The van der Waals surface area contributed by atoms with Gasteiger partial charge in [0.15, 0.2) is 5.96 Å². The number of aromatic nitrogens is 2. The number of piperidine rings is 1. The quantitative estimate of drug-likeness (QED) is 0.342. The van der Waals surface area contributed by atoms with E-state index in [2.05, 4.69) is 75.0 Å². The minimum absolute atomic E-state index is 0. The molecule has 31 heavy (non-hydrogen) atoms. The first kappa shape index (κ1) is 24.0. The van der Waals surface area contributed by atoms with Crippen LogP contribution in [0.3, 0.4) is 0 Å². The number of hydrogen-bond acceptors (Lipinski definition) is 3. The second-order valence-corrected chi connectivity index (χ2v) is 8.65. The van der Waals surface area contributed by atoms with E-state index in [1.165, 1.54) is 37.9 Å². The zero-order valence-electron chi connectivity index (χ0n) is 18.9. The molecule has 170 valence electrons. The Labute approximate surface area is 204 Å². The molecule has 1 N–H and O–H groups in total. The Hall–Kier alpha value is -1.61. The van der Waals surface area contributed by atoms with Crippen molar-refractivity contribution in [3.8, 4) is 0 Å². The van der Waals surface area contributed by atoms with Crippen molar-refractivity contribution in [3.63, 3.8) is 0 Å². The molecule has 7 heteroatoms. The van der Waals surface area contributed by atoms with E-state index in [1.807, 2.05) is 12.5 Å². The van der Waals surface area contributed by atoms with Crippen LogP contribution < -0.4 is 5.32 Å². The zero-order chi connectivity index (χ0) is 20.8. The van der Waals surface area contributed by atoms with Crippen molar-refractivity contribution in [2.45, 2.75) is 45.2 Å². The molecular formula is C24H37IN6. The number of likely N-dealkylation sites (tertiary alicyclic amines) is 2. The number of benzene rings is 1. The zero-order valence-corrected chi connectivity index (χ0v) is 21.2. The smallest absolute Gasteiger partial charge is 0.194 e. The molecule has 2 aliphatic heterocycles. The first-order chi connectivity index (χ1) is 14.8. The van der Waals surface area contributed by atoms with E-state index < -0.39 is 0 Å². The van der Waals surface area contributed by atoms with E-state index in [0.29, 0.717) is 18.0 Å². The minimum atomic E-state index is 0. The molecule has 0 bridgehead atoms. The molecule has 3 atom stereocenters. The molecule has 3 heterocycles. The molecule has 1 aromatic heterocycles. The van der Waals surface area contributed by atoms with Crippen molar-refractivity contribution in [2.24, 2.45) is 10.9 Å². The number of aliphatic imine (C=N–C) groups is 1. The lowest BCUT2D eigenvalue weighted by molar-refractivity contribution is 0.188. The van der Waals surface area contributed by atoms with Crippen LogP contribution >= 0.6 is 24.0 Å². The van der Waals surface area contributed by atoms with Crippen molar-refractivity contribution in [1.82, 2.24) is 24.7 Å². The molecule has 0 saturated carbocycles. The maximum Gasteiger partial charge on any atom is 0.194 e. The van der Waals surface area contributed by atoms with Gasteiger partial charge in [0.25, 0.3) is 0 Å². The first-order valence-corrected chi connectivity index (χ1v) is 11.6. The Kier molecular flexibility index (Phi) is 9.19. The van der Waals surface area contributed by atoms with Crippen molar-refractivity contribution in [3.05, 3.63) is 54.6 Å². The van der Waals surface area contributed by atoms with Gasteiger partial charge >= 0.3 is 0 Å². The lowest BCUT2D eigenvalue weighted by atomic mass is 9.93. The number of rotatable bonds is 6. The van der Waals surface area contributed by atoms with E-state index in [1.54, 1.807) is 0 Å². The SMILES string of the molecule is CCNC(=NCC(c1ccccc1)N1CCCC1)N1CCC(C)C(n2ccnc2)C1.I. The average Bonchev–Trinajstić information content (AvgIpc) is 3.49. The molecule has 0 spiro atoms. The summed E-state index contributed by atoms with van der Waals surface area (Å²) in [4.78, 5) is 14.5. The van der Waals surface area contributed by atoms with Crippen LogP contribution in [0.1, 0.15) is 50.8 Å². The van der Waals surface area contributed by atoms with Crippen LogP contribution in [0.5, 0.6) is 0 Å². The monoisotopic (exact) mass is 536 g/mol. The highest BCUT2D eigenvalue weighted by atomic mass is 127. The fraction of sp³-hybridized carbons (Fsp3) is 0.583. The number of imidazole rings is 1. The number of nitrogens with one attached hydrogen (secondary N) is 1. The van der Waals surface area contributed by atoms with Crippen LogP contribution in [0.25, 0.3) is 0 Å². The van der Waals surface area contributed by atoms with Gasteiger partial charge in [-0.05, 0) is 50.8 Å². The van der Waals surface area contributed by atoms with Crippen molar-refractivity contribution in [2.75, 3.05) is 39.3 Å². The second kappa shape index (κ2) is 11.9. The highest BCUT2D eigenvalue weighted by Crippen LogP contribution is 2.28. The summed E-state index contributed by atoms with van der Waals surface area (Å²) in [6.45, 7) is 10.6. The molecule has 2 aromatic rings. The topological polar surface area (TPSA) is 48.7 Å². The van der Waals surface area contributed by atoms with Gasteiger partial charge in [-0.1, -0.05) is 37.3 Å². The number of guanidine groups is 1. The summed E-state index contributed by atoms with van der Waals surface area (Å²) in [7, 11) is 0. The lowest BCUT2D eigenvalue weighted by Crippen LogP contribution is -2.49. The van der Waals surface area contributed by atoms with Crippen molar-refractivity contribution in [1.29, 1.82) is 0 Å². The van der Waals surface area contributed by atoms with Crippen LogP contribution in [0.2, 0.25) is 0 Å². The summed E-state index contributed by atoms with van der Waals surface area (Å²) in [6, 6.07) is 11.7. The van der Waals surface area contributed by atoms with Crippen LogP contribution in [-0.2, 0) is 0 Å². The molecule has 4 rings (SSSR count). The van der Waals surface area contributed by atoms with Crippen LogP contribution in [0, 0.1) is 5.92 Å². The molecule has 6 nitrogen and oxygen atoms in total. The molecule has 0 amide bonds. The van der Waals surface area contributed by atoms with Gasteiger partial charge in [-0.15, -0.1) is 24.0 Å². The van der Waals surface area contributed by atoms with Crippen LogP contribution in [-0.4, -0.2) is 64.6 Å². The molecule has 3 unspecified atom stereocenters. The number of halogens is 1. The molecule has 2 aliphatic rings. The van der Waals surface area contributed by atoms with E-state index in [9.17, 15) is 0 Å². The summed E-state index contributed by atoms with van der Waals surface area (Å²) in [5.74, 6) is 1.69. The van der Waals surface area contributed by atoms with Gasteiger partial charge in [0, 0.05) is 32.0 Å². The van der Waals surface area contributed by atoms with E-state index in [4.69, 9.17) is 4.99 Å². The largest absolute Gasteiger partial charge is 0.357 e. The molecular weight excluding hydrogens is 499 g/mol. The normalized spacial score (nSPS) is 23.4. The number of hydrogen-bond donors (Lipinski definition) is 1. The molecule has 0 aliphatic carbocycles. The number of nitrogens with zero attached hydrogens (tertiary/aromatic N) is 5. The van der Waals surface area contributed by atoms with Gasteiger partial charge in [-0.3, -0.25) is 9.89 Å². The lowest BCUT2D eigenvalue weighted by Gasteiger charge is -2.39. The Bertz CT molecular complexity index is 788. The summed E-state index contributed by atoms with van der Waals surface area (Å²) >= 11 is 0. The third kappa shape index (κ3) is 6.00. The first-order valence-electron chi connectivity index (χ1n) is 11.6. The predicted molar refractivity (Wildman–Crippen MR) is 138 cm³/mol. The molecule has 1 aromatic carbocycles. The van der Waals surface area contributed by atoms with Crippen LogP contribution in [0.15, 0.2) is 54.0 Å². The Morgan fingerprint density at radius 1 is 1.19 bits per heavy atom. The average molecular weight is 537 g/mol. The Morgan fingerprint density at radius 3 is 2.65 bits per heavy atom. The maximum absolute atomic E-state index is 5.16. The van der Waals surface area contributed by atoms with E-state index in [-0.39, 0.29) is 24.0 Å². The van der Waals surface area contributed by atoms with Gasteiger partial charge in [-0.25, -0.2) is 4.98 Å². The predicted octanol–water partition coefficient (Wildman–Crippen LogP) is 4.19. The summed E-state index contributed by atoms with van der Waals surface area (Å²) in [5, 5.41) is 3.56. The fourth-order valence-electron chi connectivity index (χ4n) is 4.85. The van der Waals surface area contributed by atoms with Gasteiger partial charge in [0.05, 0.1) is 25.0 Å². The summed E-state index contributed by atoms with van der Waals surface area (Å²) in [5.41, 5.74) is 1.38. The molecule has 2 fully saturated rings. The maximum atomic E-state index is 5.16. The summed E-state index contributed by atoms with van der Waals surface area (Å²) < 4.78 is 2.26. The Morgan fingerprint density at radius 2 is 1.97 bits per heavy atom. The van der Waals surface area contributed by atoms with Crippen LogP contribution in [0.4, 0.5) is 0 Å². The highest BCUT2D eigenvalue weighted by Gasteiger charge is 2.29. The van der Waals surface area contributed by atoms with Crippen molar-refractivity contribution >= 4 is 29.9 Å². The standard InChI is InChI=1S/C24H36N6.HI/c1-3-26-24(29-15-11-20(2)23(18-29)30-16-12-25-19-30)27-17-22(28-13-7-8-14-28)21-9-5-4-6-10-21;/h4-6,9-10,12,16,19-20,22-23H,3,7-8,11,13-15,17-18H2,1-2H3,(H,26,27);1H. The van der Waals surface area contributed by atoms with Gasteiger partial charge in [0.2, 0.25) is 0 Å². The Balaban J connectivity index is 0.00000272. The minimum Gasteiger partial charge on any atom is -0.357 e. The summed E-state index contributed by atoms with van der Waals surface area (Å²) in [6.07, 6.45) is 9.68. The molecule has 0 radical (unpaired) electrons. The molecule has 2 saturated heterocycles.